The Hall–Kier alpha value is -2.67. The Morgan fingerprint density at radius 2 is 1.59 bits per heavy atom. The average Bonchev–Trinajstić information content (AvgIpc) is 2.61. The highest BCUT2D eigenvalue weighted by molar-refractivity contribution is 7.92. The standard InChI is InChI=1S/C20H23NO5S/c1-14(16-7-5-4-6-8-16)13-19(22)26-15(2)20(23)17-9-11-18(12-10-17)21-27(3,24)25/h4-12,14-15,21H,13H2,1-3H3/t14-,15-/m0/s1. The summed E-state index contributed by atoms with van der Waals surface area (Å²) in [6.45, 7) is 3.45. The zero-order valence-corrected chi connectivity index (χ0v) is 16.3. The number of esters is 1. The van der Waals surface area contributed by atoms with Crippen molar-refractivity contribution in [3.63, 3.8) is 0 Å². The van der Waals surface area contributed by atoms with Crippen molar-refractivity contribution in [2.75, 3.05) is 11.0 Å². The third-order valence-corrected chi connectivity index (χ3v) is 4.60. The van der Waals surface area contributed by atoms with Crippen molar-refractivity contribution in [3.8, 4) is 0 Å². The second-order valence-electron chi connectivity index (χ2n) is 6.46. The van der Waals surface area contributed by atoms with Crippen LogP contribution in [0.25, 0.3) is 0 Å². The van der Waals surface area contributed by atoms with Gasteiger partial charge >= 0.3 is 5.97 Å². The monoisotopic (exact) mass is 389 g/mol. The van der Waals surface area contributed by atoms with Gasteiger partial charge in [-0.2, -0.15) is 0 Å². The first-order valence-electron chi connectivity index (χ1n) is 8.52. The van der Waals surface area contributed by atoms with Gasteiger partial charge in [0.25, 0.3) is 0 Å². The molecule has 0 heterocycles. The Morgan fingerprint density at radius 1 is 1.00 bits per heavy atom. The molecule has 1 N–H and O–H groups in total. The van der Waals surface area contributed by atoms with E-state index in [0.29, 0.717) is 11.3 Å². The zero-order chi connectivity index (χ0) is 20.0. The molecule has 144 valence electrons. The Morgan fingerprint density at radius 3 is 2.15 bits per heavy atom. The van der Waals surface area contributed by atoms with E-state index in [1.807, 2.05) is 37.3 Å². The lowest BCUT2D eigenvalue weighted by atomic mass is 9.98. The minimum Gasteiger partial charge on any atom is -0.454 e. The molecule has 0 unspecified atom stereocenters. The fourth-order valence-corrected chi connectivity index (χ4v) is 3.16. The van der Waals surface area contributed by atoms with E-state index < -0.39 is 22.1 Å². The molecule has 0 radical (unpaired) electrons. The van der Waals surface area contributed by atoms with Crippen LogP contribution in [0, 0.1) is 0 Å². The van der Waals surface area contributed by atoms with Crippen molar-refractivity contribution in [2.45, 2.75) is 32.3 Å². The van der Waals surface area contributed by atoms with Crippen LogP contribution in [-0.4, -0.2) is 32.5 Å². The van der Waals surface area contributed by atoms with Crippen LogP contribution in [0.2, 0.25) is 0 Å². The number of Topliss-reactive ketones (excluding diaryl/α,β-unsaturated/α-hetero) is 1. The summed E-state index contributed by atoms with van der Waals surface area (Å²) in [7, 11) is -3.38. The number of hydrogen-bond acceptors (Lipinski definition) is 5. The van der Waals surface area contributed by atoms with E-state index in [4.69, 9.17) is 4.74 Å². The lowest BCUT2D eigenvalue weighted by Gasteiger charge is -2.15. The number of benzene rings is 2. The van der Waals surface area contributed by atoms with Gasteiger partial charge in [-0.25, -0.2) is 8.42 Å². The smallest absolute Gasteiger partial charge is 0.307 e. The molecule has 0 amide bonds. The molecule has 0 bridgehead atoms. The summed E-state index contributed by atoms with van der Waals surface area (Å²) < 4.78 is 30.0. The number of carbonyl (C=O) groups is 2. The lowest BCUT2D eigenvalue weighted by molar-refractivity contribution is -0.146. The highest BCUT2D eigenvalue weighted by Gasteiger charge is 2.21. The predicted octanol–water partition coefficient (Wildman–Crippen LogP) is 3.37. The summed E-state index contributed by atoms with van der Waals surface area (Å²) in [5.74, 6) is -0.800. The van der Waals surface area contributed by atoms with Crippen LogP contribution in [0.15, 0.2) is 54.6 Å². The second kappa shape index (κ2) is 8.81. The molecular weight excluding hydrogens is 366 g/mol. The van der Waals surface area contributed by atoms with E-state index in [1.54, 1.807) is 0 Å². The molecule has 2 atom stereocenters. The minimum atomic E-state index is -3.38. The molecule has 0 aliphatic heterocycles. The second-order valence-corrected chi connectivity index (χ2v) is 8.21. The van der Waals surface area contributed by atoms with Gasteiger partial charge in [-0.15, -0.1) is 0 Å². The van der Waals surface area contributed by atoms with Crippen LogP contribution in [0.5, 0.6) is 0 Å². The number of hydrogen-bond donors (Lipinski definition) is 1. The average molecular weight is 389 g/mol. The van der Waals surface area contributed by atoms with Gasteiger partial charge in [-0.3, -0.25) is 14.3 Å². The van der Waals surface area contributed by atoms with Crippen LogP contribution in [0.1, 0.15) is 42.1 Å². The Kier molecular flexibility index (Phi) is 6.74. The summed E-state index contributed by atoms with van der Waals surface area (Å²) in [6.07, 6.45) is 0.303. The van der Waals surface area contributed by atoms with Crippen molar-refractivity contribution in [1.82, 2.24) is 0 Å². The normalized spacial score (nSPS) is 13.4. The van der Waals surface area contributed by atoms with Gasteiger partial charge in [0.05, 0.1) is 12.7 Å². The molecule has 7 heteroatoms. The van der Waals surface area contributed by atoms with E-state index in [2.05, 4.69) is 4.72 Å². The maximum Gasteiger partial charge on any atom is 0.307 e. The number of anilines is 1. The number of nitrogens with one attached hydrogen (secondary N) is 1. The van der Waals surface area contributed by atoms with Gasteiger partial charge in [-0.1, -0.05) is 37.3 Å². The van der Waals surface area contributed by atoms with Gasteiger partial charge in [0.1, 0.15) is 0 Å². The van der Waals surface area contributed by atoms with Gasteiger partial charge < -0.3 is 4.74 Å². The first-order chi connectivity index (χ1) is 12.7. The number of ether oxygens (including phenoxy) is 1. The first kappa shape index (κ1) is 20.6. The molecule has 2 aromatic carbocycles. The molecule has 2 rings (SSSR count). The molecular formula is C20H23NO5S. The number of sulfonamides is 1. The largest absolute Gasteiger partial charge is 0.454 e. The van der Waals surface area contributed by atoms with E-state index in [0.717, 1.165) is 11.8 Å². The van der Waals surface area contributed by atoms with E-state index in [-0.39, 0.29) is 18.1 Å². The first-order valence-corrected chi connectivity index (χ1v) is 10.4. The van der Waals surface area contributed by atoms with Crippen LogP contribution in [0.4, 0.5) is 5.69 Å². The van der Waals surface area contributed by atoms with Crippen molar-refractivity contribution in [2.24, 2.45) is 0 Å². The summed E-state index contributed by atoms with van der Waals surface area (Å²) in [5.41, 5.74) is 1.73. The SMILES string of the molecule is C[C@H](OC(=O)C[C@H](C)c1ccccc1)C(=O)c1ccc(NS(C)(=O)=O)cc1. The fourth-order valence-electron chi connectivity index (χ4n) is 2.60. The summed E-state index contributed by atoms with van der Waals surface area (Å²) in [6, 6.07) is 15.6. The van der Waals surface area contributed by atoms with Crippen molar-refractivity contribution < 1.29 is 22.7 Å². The third-order valence-electron chi connectivity index (χ3n) is 3.99. The summed E-state index contributed by atoms with van der Waals surface area (Å²) in [5, 5.41) is 0. The summed E-state index contributed by atoms with van der Waals surface area (Å²) >= 11 is 0. The maximum absolute atomic E-state index is 12.4. The van der Waals surface area contributed by atoms with Crippen LogP contribution in [0.3, 0.4) is 0 Å². The van der Waals surface area contributed by atoms with E-state index in [9.17, 15) is 18.0 Å². The number of ketones is 1. The van der Waals surface area contributed by atoms with Crippen LogP contribution >= 0.6 is 0 Å². The summed E-state index contributed by atoms with van der Waals surface area (Å²) in [4.78, 5) is 24.5. The topological polar surface area (TPSA) is 89.5 Å². The Bertz CT molecular complexity index is 892. The van der Waals surface area contributed by atoms with Gasteiger partial charge in [0.15, 0.2) is 6.10 Å². The highest BCUT2D eigenvalue weighted by atomic mass is 32.2. The minimum absolute atomic E-state index is 0.0117. The van der Waals surface area contributed by atoms with E-state index >= 15 is 0 Å². The van der Waals surface area contributed by atoms with Gasteiger partial charge in [0.2, 0.25) is 15.8 Å². The Balaban J connectivity index is 1.93. The quantitative estimate of drug-likeness (QED) is 0.552. The van der Waals surface area contributed by atoms with Crippen molar-refractivity contribution >= 4 is 27.5 Å². The predicted molar refractivity (Wildman–Crippen MR) is 104 cm³/mol. The molecule has 0 spiro atoms. The fraction of sp³-hybridized carbons (Fsp3) is 0.300. The molecule has 27 heavy (non-hydrogen) atoms. The molecule has 0 saturated heterocycles. The molecule has 0 fully saturated rings. The molecule has 0 aliphatic rings. The lowest BCUT2D eigenvalue weighted by Crippen LogP contribution is -2.25. The Labute approximate surface area is 159 Å². The number of carbonyl (C=O) groups excluding carboxylic acids is 2. The van der Waals surface area contributed by atoms with Gasteiger partial charge in [-0.05, 0) is 42.7 Å². The van der Waals surface area contributed by atoms with Crippen LogP contribution in [-0.2, 0) is 19.6 Å². The van der Waals surface area contributed by atoms with Crippen molar-refractivity contribution in [3.05, 3.63) is 65.7 Å². The van der Waals surface area contributed by atoms with Crippen LogP contribution < -0.4 is 4.72 Å². The molecule has 0 aromatic heterocycles. The molecule has 6 nitrogen and oxygen atoms in total. The molecule has 0 saturated carbocycles. The number of rotatable bonds is 8. The zero-order valence-electron chi connectivity index (χ0n) is 15.5. The molecule has 0 aliphatic carbocycles. The highest BCUT2D eigenvalue weighted by Crippen LogP contribution is 2.20. The van der Waals surface area contributed by atoms with E-state index in [1.165, 1.54) is 31.2 Å². The molecule has 2 aromatic rings. The third kappa shape index (κ3) is 6.53. The van der Waals surface area contributed by atoms with Crippen molar-refractivity contribution in [1.29, 1.82) is 0 Å². The van der Waals surface area contributed by atoms with Gasteiger partial charge in [0, 0.05) is 11.3 Å². The maximum atomic E-state index is 12.4.